The summed E-state index contributed by atoms with van der Waals surface area (Å²) in [7, 11) is 1.59. The molecule has 0 aromatic carbocycles. The molecule has 0 atom stereocenters. The molecule has 8 heteroatoms. The molecule has 3 N–H and O–H groups in total. The summed E-state index contributed by atoms with van der Waals surface area (Å²) in [5, 5.41) is 6.24. The Hall–Kier alpha value is -1.60. The number of nitrogens with two attached hydrogens (primary N) is 1. The molecular formula is C13H21ClN4O3. The minimum Gasteiger partial charge on any atom is -0.360 e. The van der Waals surface area contributed by atoms with Crippen LogP contribution >= 0.6 is 12.4 Å². The van der Waals surface area contributed by atoms with Crippen molar-refractivity contribution in [3.8, 4) is 0 Å². The third kappa shape index (κ3) is 4.18. The highest BCUT2D eigenvalue weighted by Crippen LogP contribution is 2.28. The highest BCUT2D eigenvalue weighted by atomic mass is 35.5. The predicted molar refractivity (Wildman–Crippen MR) is 80.1 cm³/mol. The number of hydrogen-bond acceptors (Lipinski definition) is 5. The SMILES string of the molecule is Cc1cc(NC(=O)CN(C)C(=O)C2(N)CCCC2)no1.Cl. The fourth-order valence-electron chi connectivity index (χ4n) is 2.49. The van der Waals surface area contributed by atoms with Gasteiger partial charge in [-0.15, -0.1) is 12.4 Å². The largest absolute Gasteiger partial charge is 0.360 e. The van der Waals surface area contributed by atoms with Gasteiger partial charge in [-0.1, -0.05) is 18.0 Å². The van der Waals surface area contributed by atoms with Crippen LogP contribution in [-0.4, -0.2) is 41.0 Å². The van der Waals surface area contributed by atoms with Gasteiger partial charge in [0.2, 0.25) is 11.8 Å². The number of likely N-dealkylation sites (N-methyl/N-ethyl adjacent to an activating group) is 1. The van der Waals surface area contributed by atoms with Crippen LogP contribution in [0, 0.1) is 6.92 Å². The van der Waals surface area contributed by atoms with Crippen molar-refractivity contribution in [2.75, 3.05) is 18.9 Å². The Morgan fingerprint density at radius 2 is 2.10 bits per heavy atom. The zero-order valence-corrected chi connectivity index (χ0v) is 13.0. The van der Waals surface area contributed by atoms with E-state index in [-0.39, 0.29) is 30.8 Å². The van der Waals surface area contributed by atoms with Crippen molar-refractivity contribution in [1.29, 1.82) is 0 Å². The number of nitrogens with zero attached hydrogens (tertiary/aromatic N) is 2. The molecule has 118 valence electrons. The fourth-order valence-corrected chi connectivity index (χ4v) is 2.49. The summed E-state index contributed by atoms with van der Waals surface area (Å²) in [4.78, 5) is 25.4. The summed E-state index contributed by atoms with van der Waals surface area (Å²) in [6.07, 6.45) is 3.28. The average molecular weight is 317 g/mol. The molecule has 0 spiro atoms. The van der Waals surface area contributed by atoms with Gasteiger partial charge in [0, 0.05) is 13.1 Å². The Balaban J connectivity index is 0.00000220. The number of aromatic nitrogens is 1. The van der Waals surface area contributed by atoms with Crippen LogP contribution in [0.3, 0.4) is 0 Å². The lowest BCUT2D eigenvalue weighted by atomic mass is 9.97. The lowest BCUT2D eigenvalue weighted by Crippen LogP contribution is -2.53. The lowest BCUT2D eigenvalue weighted by molar-refractivity contribution is -0.138. The quantitative estimate of drug-likeness (QED) is 0.865. The van der Waals surface area contributed by atoms with Gasteiger partial charge in [-0.25, -0.2) is 0 Å². The van der Waals surface area contributed by atoms with E-state index in [9.17, 15) is 9.59 Å². The van der Waals surface area contributed by atoms with E-state index < -0.39 is 5.54 Å². The number of aryl methyl sites for hydroxylation is 1. The highest BCUT2D eigenvalue weighted by Gasteiger charge is 2.39. The Morgan fingerprint density at radius 1 is 1.48 bits per heavy atom. The van der Waals surface area contributed by atoms with Gasteiger partial charge in [-0.05, 0) is 19.8 Å². The van der Waals surface area contributed by atoms with Crippen molar-refractivity contribution in [3.63, 3.8) is 0 Å². The molecule has 7 nitrogen and oxygen atoms in total. The first-order valence-corrected chi connectivity index (χ1v) is 6.68. The van der Waals surface area contributed by atoms with Crippen molar-refractivity contribution in [1.82, 2.24) is 10.1 Å². The second-order valence-corrected chi connectivity index (χ2v) is 5.40. The third-order valence-corrected chi connectivity index (χ3v) is 3.54. The maximum Gasteiger partial charge on any atom is 0.245 e. The predicted octanol–water partition coefficient (Wildman–Crippen LogP) is 1.07. The monoisotopic (exact) mass is 316 g/mol. The molecule has 21 heavy (non-hydrogen) atoms. The number of carbonyl (C=O) groups excluding carboxylic acids is 2. The van der Waals surface area contributed by atoms with E-state index in [0.29, 0.717) is 24.4 Å². The van der Waals surface area contributed by atoms with Crippen LogP contribution in [0.1, 0.15) is 31.4 Å². The first kappa shape index (κ1) is 17.5. The first-order chi connectivity index (χ1) is 9.40. The molecule has 0 unspecified atom stereocenters. The Kier molecular flexibility index (Phi) is 5.74. The molecular weight excluding hydrogens is 296 g/mol. The van der Waals surface area contributed by atoms with Crippen molar-refractivity contribution < 1.29 is 14.1 Å². The molecule has 0 radical (unpaired) electrons. The van der Waals surface area contributed by atoms with Crippen LogP contribution in [-0.2, 0) is 9.59 Å². The van der Waals surface area contributed by atoms with Gasteiger partial charge >= 0.3 is 0 Å². The van der Waals surface area contributed by atoms with E-state index in [1.807, 2.05) is 0 Å². The Bertz CT molecular complexity index is 511. The average Bonchev–Trinajstić information content (AvgIpc) is 2.98. The molecule has 1 aromatic rings. The Labute approximate surface area is 129 Å². The number of amides is 2. The summed E-state index contributed by atoms with van der Waals surface area (Å²) >= 11 is 0. The van der Waals surface area contributed by atoms with E-state index >= 15 is 0 Å². The molecule has 1 heterocycles. The van der Waals surface area contributed by atoms with Gasteiger partial charge in [0.1, 0.15) is 5.76 Å². The molecule has 1 aliphatic carbocycles. The van der Waals surface area contributed by atoms with Crippen LogP contribution in [0.4, 0.5) is 5.82 Å². The number of rotatable bonds is 4. The van der Waals surface area contributed by atoms with Gasteiger partial charge in [0.15, 0.2) is 5.82 Å². The first-order valence-electron chi connectivity index (χ1n) is 6.68. The summed E-state index contributed by atoms with van der Waals surface area (Å²) in [5.74, 6) is 0.450. The molecule has 2 rings (SSSR count). The maximum absolute atomic E-state index is 12.2. The van der Waals surface area contributed by atoms with Gasteiger partial charge < -0.3 is 20.5 Å². The molecule has 0 aliphatic heterocycles. The minimum absolute atomic E-state index is 0. The number of halogens is 1. The van der Waals surface area contributed by atoms with E-state index in [1.165, 1.54) is 4.90 Å². The minimum atomic E-state index is -0.806. The fraction of sp³-hybridized carbons (Fsp3) is 0.615. The number of anilines is 1. The number of carbonyl (C=O) groups is 2. The summed E-state index contributed by atoms with van der Waals surface area (Å²) < 4.78 is 4.85. The molecule has 0 bridgehead atoms. The second kappa shape index (κ2) is 6.91. The number of nitrogens with one attached hydrogen (secondary N) is 1. The molecule has 0 saturated heterocycles. The lowest BCUT2D eigenvalue weighted by Gasteiger charge is -2.28. The van der Waals surface area contributed by atoms with Crippen LogP contribution in [0.5, 0.6) is 0 Å². The smallest absolute Gasteiger partial charge is 0.245 e. The third-order valence-electron chi connectivity index (χ3n) is 3.54. The van der Waals surface area contributed by atoms with E-state index in [4.69, 9.17) is 10.3 Å². The highest BCUT2D eigenvalue weighted by molar-refractivity contribution is 5.95. The van der Waals surface area contributed by atoms with Gasteiger partial charge in [-0.2, -0.15) is 0 Å². The van der Waals surface area contributed by atoms with Gasteiger partial charge in [0.05, 0.1) is 12.1 Å². The summed E-state index contributed by atoms with van der Waals surface area (Å²) in [6, 6.07) is 1.61. The molecule has 1 saturated carbocycles. The van der Waals surface area contributed by atoms with Crippen LogP contribution in [0.2, 0.25) is 0 Å². The van der Waals surface area contributed by atoms with Crippen LogP contribution in [0.25, 0.3) is 0 Å². The zero-order chi connectivity index (χ0) is 14.8. The van der Waals surface area contributed by atoms with E-state index in [2.05, 4.69) is 10.5 Å². The summed E-state index contributed by atoms with van der Waals surface area (Å²) in [5.41, 5.74) is 5.28. The molecule has 2 amide bonds. The van der Waals surface area contributed by atoms with Crippen molar-refractivity contribution in [2.45, 2.75) is 38.1 Å². The second-order valence-electron chi connectivity index (χ2n) is 5.40. The van der Waals surface area contributed by atoms with E-state index in [1.54, 1.807) is 20.0 Å². The zero-order valence-electron chi connectivity index (χ0n) is 12.2. The molecule has 1 aromatic heterocycles. The standard InChI is InChI=1S/C13H20N4O3.ClH/c1-9-7-10(16-20-9)15-11(18)8-17(2)12(19)13(14)5-3-4-6-13;/h7H,3-6,8,14H2,1-2H3,(H,15,16,18);1H. The van der Waals surface area contributed by atoms with Crippen molar-refractivity contribution in [2.24, 2.45) is 5.73 Å². The van der Waals surface area contributed by atoms with Crippen molar-refractivity contribution >= 4 is 30.0 Å². The molecule has 1 fully saturated rings. The molecule has 1 aliphatic rings. The topological polar surface area (TPSA) is 101 Å². The van der Waals surface area contributed by atoms with E-state index in [0.717, 1.165) is 12.8 Å². The van der Waals surface area contributed by atoms with Gasteiger partial charge in [0.25, 0.3) is 0 Å². The number of hydrogen-bond donors (Lipinski definition) is 2. The maximum atomic E-state index is 12.2. The van der Waals surface area contributed by atoms with Crippen LogP contribution in [0.15, 0.2) is 10.6 Å². The Morgan fingerprint density at radius 3 is 2.62 bits per heavy atom. The summed E-state index contributed by atoms with van der Waals surface area (Å²) in [6.45, 7) is 1.68. The van der Waals surface area contributed by atoms with Crippen LogP contribution < -0.4 is 11.1 Å². The normalized spacial score (nSPS) is 16.1. The van der Waals surface area contributed by atoms with Gasteiger partial charge in [-0.3, -0.25) is 9.59 Å². The van der Waals surface area contributed by atoms with Crippen molar-refractivity contribution in [3.05, 3.63) is 11.8 Å².